The third-order valence-electron chi connectivity index (χ3n) is 4.52. The zero-order valence-electron chi connectivity index (χ0n) is 14.2. The lowest BCUT2D eigenvalue weighted by Gasteiger charge is -2.26. The smallest absolute Gasteiger partial charge is 0.243 e. The molecule has 1 aliphatic heterocycles. The summed E-state index contributed by atoms with van der Waals surface area (Å²) in [7, 11) is -1.47. The molecule has 1 N–H and O–H groups in total. The Bertz CT molecular complexity index is 808. The molecule has 0 unspecified atom stereocenters. The monoisotopic (exact) mass is 348 g/mol. The second-order valence-corrected chi connectivity index (χ2v) is 8.19. The fourth-order valence-corrected chi connectivity index (χ4v) is 4.49. The molecule has 0 bridgehead atoms. The van der Waals surface area contributed by atoms with Crippen molar-refractivity contribution in [3.05, 3.63) is 42.0 Å². The van der Waals surface area contributed by atoms with Crippen LogP contribution in [0.15, 0.2) is 35.5 Å². The maximum absolute atomic E-state index is 12.8. The first-order chi connectivity index (χ1) is 11.5. The van der Waals surface area contributed by atoms with E-state index in [0.29, 0.717) is 24.5 Å². The normalized spacial score (nSPS) is 16.2. The van der Waals surface area contributed by atoms with Crippen molar-refractivity contribution in [2.45, 2.75) is 37.6 Å². The van der Waals surface area contributed by atoms with Crippen LogP contribution in [0.2, 0.25) is 0 Å². The first-order valence-corrected chi connectivity index (χ1v) is 9.73. The fourth-order valence-electron chi connectivity index (χ4n) is 2.95. The molecule has 2 aromatic rings. The van der Waals surface area contributed by atoms with Crippen LogP contribution >= 0.6 is 0 Å². The van der Waals surface area contributed by atoms with E-state index in [1.807, 2.05) is 30.8 Å². The summed E-state index contributed by atoms with van der Waals surface area (Å²) >= 11 is 0. The van der Waals surface area contributed by atoms with E-state index in [1.165, 1.54) is 0 Å². The van der Waals surface area contributed by atoms with Crippen molar-refractivity contribution < 1.29 is 8.42 Å². The summed E-state index contributed by atoms with van der Waals surface area (Å²) in [6.45, 7) is 3.76. The standard InChI is InChI=1S/C17H24N4O2S/c1-14-6-7-15(24(22,23)21-9-4-3-5-10-21)12-16(14)19-13-17-18-8-11-20(17)2/h6-8,11-12,19H,3-5,9-10,13H2,1-2H3. The summed E-state index contributed by atoms with van der Waals surface area (Å²) in [4.78, 5) is 4.64. The van der Waals surface area contributed by atoms with Crippen LogP contribution < -0.4 is 5.32 Å². The van der Waals surface area contributed by atoms with E-state index in [-0.39, 0.29) is 0 Å². The van der Waals surface area contributed by atoms with E-state index in [1.54, 1.807) is 22.6 Å². The van der Waals surface area contributed by atoms with Gasteiger partial charge in [-0.25, -0.2) is 13.4 Å². The van der Waals surface area contributed by atoms with Crippen molar-refractivity contribution in [1.29, 1.82) is 0 Å². The molecule has 6 nitrogen and oxygen atoms in total. The fraction of sp³-hybridized carbons (Fsp3) is 0.471. The summed E-state index contributed by atoms with van der Waals surface area (Å²) < 4.78 is 29.2. The molecular formula is C17H24N4O2S. The first-order valence-electron chi connectivity index (χ1n) is 8.29. The van der Waals surface area contributed by atoms with Crippen molar-refractivity contribution in [3.63, 3.8) is 0 Å². The average molecular weight is 348 g/mol. The van der Waals surface area contributed by atoms with E-state index >= 15 is 0 Å². The van der Waals surface area contributed by atoms with Crippen LogP contribution in [0.5, 0.6) is 0 Å². The van der Waals surface area contributed by atoms with E-state index in [9.17, 15) is 8.42 Å². The number of rotatable bonds is 5. The highest BCUT2D eigenvalue weighted by Crippen LogP contribution is 2.25. The number of sulfonamides is 1. The molecule has 0 amide bonds. The predicted octanol–water partition coefficient (Wildman–Crippen LogP) is 2.52. The van der Waals surface area contributed by atoms with Gasteiger partial charge in [-0.05, 0) is 37.5 Å². The quantitative estimate of drug-likeness (QED) is 0.901. The largest absolute Gasteiger partial charge is 0.378 e. The number of nitrogens with zero attached hydrogens (tertiary/aromatic N) is 3. The number of nitrogens with one attached hydrogen (secondary N) is 1. The van der Waals surface area contributed by atoms with Crippen LogP contribution in [0.25, 0.3) is 0 Å². The van der Waals surface area contributed by atoms with Gasteiger partial charge in [0.15, 0.2) is 0 Å². The lowest BCUT2D eigenvalue weighted by atomic mass is 10.2. The van der Waals surface area contributed by atoms with Gasteiger partial charge in [-0.2, -0.15) is 4.31 Å². The SMILES string of the molecule is Cc1ccc(S(=O)(=O)N2CCCCC2)cc1NCc1nccn1C. The van der Waals surface area contributed by atoms with Gasteiger partial charge in [-0.1, -0.05) is 12.5 Å². The minimum Gasteiger partial charge on any atom is -0.378 e. The molecule has 3 rings (SSSR count). The molecule has 0 atom stereocenters. The van der Waals surface area contributed by atoms with Crippen molar-refractivity contribution in [1.82, 2.24) is 13.9 Å². The summed E-state index contributed by atoms with van der Waals surface area (Å²) in [6, 6.07) is 5.30. The highest BCUT2D eigenvalue weighted by atomic mass is 32.2. The Morgan fingerprint density at radius 3 is 2.62 bits per heavy atom. The van der Waals surface area contributed by atoms with E-state index in [0.717, 1.165) is 36.3 Å². The minimum atomic E-state index is -3.41. The number of hydrogen-bond acceptors (Lipinski definition) is 4. The van der Waals surface area contributed by atoms with Gasteiger partial charge < -0.3 is 9.88 Å². The van der Waals surface area contributed by atoms with Crippen LogP contribution in [-0.4, -0.2) is 35.4 Å². The van der Waals surface area contributed by atoms with Crippen molar-refractivity contribution in [2.24, 2.45) is 7.05 Å². The Morgan fingerprint density at radius 2 is 1.96 bits per heavy atom. The zero-order valence-corrected chi connectivity index (χ0v) is 15.0. The van der Waals surface area contributed by atoms with Gasteiger partial charge in [0.25, 0.3) is 0 Å². The Kier molecular flexibility index (Phi) is 4.91. The Labute approximate surface area is 143 Å². The second kappa shape index (κ2) is 6.94. The Morgan fingerprint density at radius 1 is 1.21 bits per heavy atom. The summed E-state index contributed by atoms with van der Waals surface area (Å²) in [6.07, 6.45) is 6.63. The lowest BCUT2D eigenvalue weighted by Crippen LogP contribution is -2.35. The molecule has 0 saturated carbocycles. The second-order valence-electron chi connectivity index (χ2n) is 6.25. The molecule has 1 saturated heterocycles. The summed E-state index contributed by atoms with van der Waals surface area (Å²) in [5.41, 5.74) is 1.85. The van der Waals surface area contributed by atoms with Crippen LogP contribution in [0.1, 0.15) is 30.7 Å². The molecule has 1 aliphatic rings. The van der Waals surface area contributed by atoms with Crippen LogP contribution in [0.4, 0.5) is 5.69 Å². The van der Waals surface area contributed by atoms with Gasteiger partial charge in [0.1, 0.15) is 5.82 Å². The number of piperidine rings is 1. The first kappa shape index (κ1) is 17.0. The molecule has 1 fully saturated rings. The predicted molar refractivity (Wildman–Crippen MR) is 94.3 cm³/mol. The molecule has 0 radical (unpaired) electrons. The van der Waals surface area contributed by atoms with E-state index in [4.69, 9.17) is 0 Å². The summed E-state index contributed by atoms with van der Waals surface area (Å²) in [5.74, 6) is 0.902. The number of anilines is 1. The Hall–Kier alpha value is -1.86. The highest BCUT2D eigenvalue weighted by Gasteiger charge is 2.26. The minimum absolute atomic E-state index is 0.359. The number of aryl methyl sites for hydroxylation is 2. The van der Waals surface area contributed by atoms with Gasteiger partial charge >= 0.3 is 0 Å². The van der Waals surface area contributed by atoms with Crippen molar-refractivity contribution in [2.75, 3.05) is 18.4 Å². The van der Waals surface area contributed by atoms with Crippen molar-refractivity contribution in [3.8, 4) is 0 Å². The van der Waals surface area contributed by atoms with Gasteiger partial charge in [0.05, 0.1) is 11.4 Å². The molecule has 7 heteroatoms. The molecular weight excluding hydrogens is 324 g/mol. The molecule has 1 aromatic heterocycles. The van der Waals surface area contributed by atoms with Gasteiger partial charge in [-0.15, -0.1) is 0 Å². The Balaban J connectivity index is 1.81. The van der Waals surface area contributed by atoms with Crippen LogP contribution in [-0.2, 0) is 23.6 Å². The molecule has 0 aliphatic carbocycles. The molecule has 0 spiro atoms. The number of hydrogen-bond donors (Lipinski definition) is 1. The summed E-state index contributed by atoms with van der Waals surface area (Å²) in [5, 5.41) is 3.31. The topological polar surface area (TPSA) is 67.2 Å². The van der Waals surface area contributed by atoms with E-state index in [2.05, 4.69) is 10.3 Å². The molecule has 130 valence electrons. The number of imidazole rings is 1. The van der Waals surface area contributed by atoms with Crippen molar-refractivity contribution >= 4 is 15.7 Å². The van der Waals surface area contributed by atoms with E-state index < -0.39 is 10.0 Å². The molecule has 24 heavy (non-hydrogen) atoms. The average Bonchev–Trinajstić information content (AvgIpc) is 3.00. The third kappa shape index (κ3) is 3.47. The van der Waals surface area contributed by atoms with Gasteiger partial charge in [0, 0.05) is 38.2 Å². The van der Waals surface area contributed by atoms with Crippen LogP contribution in [0.3, 0.4) is 0 Å². The van der Waals surface area contributed by atoms with Gasteiger partial charge in [-0.3, -0.25) is 0 Å². The maximum atomic E-state index is 12.8. The molecule has 2 heterocycles. The number of aromatic nitrogens is 2. The zero-order chi connectivity index (χ0) is 17.2. The maximum Gasteiger partial charge on any atom is 0.243 e. The third-order valence-corrected chi connectivity index (χ3v) is 6.41. The number of benzene rings is 1. The highest BCUT2D eigenvalue weighted by molar-refractivity contribution is 7.89. The lowest BCUT2D eigenvalue weighted by molar-refractivity contribution is 0.346. The van der Waals surface area contributed by atoms with Gasteiger partial charge in [0.2, 0.25) is 10.0 Å². The van der Waals surface area contributed by atoms with Crippen LogP contribution in [0, 0.1) is 6.92 Å². The molecule has 1 aromatic carbocycles.